The molecule has 0 spiro atoms. The molecule has 0 bridgehead atoms. The number of carbonyl (C=O) groups is 1. The highest BCUT2D eigenvalue weighted by Gasteiger charge is 2.10. The van der Waals surface area contributed by atoms with Crippen molar-refractivity contribution in [3.05, 3.63) is 5.82 Å². The minimum atomic E-state index is 0.0686. The molecule has 102 valence electrons. The van der Waals surface area contributed by atoms with Crippen molar-refractivity contribution in [1.82, 2.24) is 20.1 Å². The van der Waals surface area contributed by atoms with E-state index in [0.717, 1.165) is 17.5 Å². The molecule has 0 saturated carbocycles. The van der Waals surface area contributed by atoms with Crippen LogP contribution < -0.4 is 11.1 Å². The van der Waals surface area contributed by atoms with Crippen LogP contribution in [0.4, 0.5) is 0 Å². The number of aromatic nitrogens is 3. The van der Waals surface area contributed by atoms with Gasteiger partial charge in [0.1, 0.15) is 5.82 Å². The van der Waals surface area contributed by atoms with Crippen molar-refractivity contribution in [3.8, 4) is 0 Å². The van der Waals surface area contributed by atoms with Crippen LogP contribution in [0, 0.1) is 0 Å². The molecule has 6 nitrogen and oxygen atoms in total. The topological polar surface area (TPSA) is 85.8 Å². The summed E-state index contributed by atoms with van der Waals surface area (Å²) in [6.07, 6.45) is 0.484. The van der Waals surface area contributed by atoms with Crippen LogP contribution in [0.2, 0.25) is 0 Å². The van der Waals surface area contributed by atoms with Gasteiger partial charge in [0.05, 0.1) is 6.54 Å². The van der Waals surface area contributed by atoms with E-state index in [0.29, 0.717) is 18.7 Å². The second kappa shape index (κ2) is 7.38. The van der Waals surface area contributed by atoms with Gasteiger partial charge in [-0.3, -0.25) is 4.79 Å². The van der Waals surface area contributed by atoms with Gasteiger partial charge < -0.3 is 15.6 Å². The lowest BCUT2D eigenvalue weighted by molar-refractivity contribution is -0.121. The normalized spacial score (nSPS) is 10.9. The van der Waals surface area contributed by atoms with E-state index in [1.165, 1.54) is 11.8 Å². The maximum absolute atomic E-state index is 11.5. The molecule has 3 N–H and O–H groups in total. The van der Waals surface area contributed by atoms with Gasteiger partial charge in [-0.15, -0.1) is 10.2 Å². The van der Waals surface area contributed by atoms with Crippen LogP contribution >= 0.6 is 11.8 Å². The Kier molecular flexibility index (Phi) is 6.14. The largest absolute Gasteiger partial charge is 0.354 e. The molecule has 0 aliphatic heterocycles. The standard InChI is InChI=1S/C11H21N5OS/c1-4-16-9(7-12)14-15-11(16)18-6-5-10(17)13-8(2)3/h8H,4-7,12H2,1-3H3,(H,13,17). The summed E-state index contributed by atoms with van der Waals surface area (Å²) in [6, 6.07) is 0.186. The molecule has 0 aliphatic rings. The summed E-state index contributed by atoms with van der Waals surface area (Å²) in [6.45, 7) is 7.10. The number of carbonyl (C=O) groups excluding carboxylic acids is 1. The average molecular weight is 271 g/mol. The fourth-order valence-electron chi connectivity index (χ4n) is 1.52. The lowest BCUT2D eigenvalue weighted by Gasteiger charge is -2.08. The van der Waals surface area contributed by atoms with Gasteiger partial charge in [0.15, 0.2) is 5.16 Å². The molecule has 1 aromatic rings. The van der Waals surface area contributed by atoms with Gasteiger partial charge in [-0.25, -0.2) is 0 Å². The van der Waals surface area contributed by atoms with Crippen LogP contribution in [0.15, 0.2) is 5.16 Å². The van der Waals surface area contributed by atoms with E-state index in [2.05, 4.69) is 15.5 Å². The molecule has 0 radical (unpaired) electrons. The number of nitrogens with one attached hydrogen (secondary N) is 1. The Morgan fingerprint density at radius 1 is 1.50 bits per heavy atom. The molecule has 1 rings (SSSR count). The lowest BCUT2D eigenvalue weighted by Crippen LogP contribution is -2.30. The zero-order valence-corrected chi connectivity index (χ0v) is 12.0. The highest BCUT2D eigenvalue weighted by Crippen LogP contribution is 2.17. The monoisotopic (exact) mass is 271 g/mol. The van der Waals surface area contributed by atoms with Crippen LogP contribution in [0.5, 0.6) is 0 Å². The van der Waals surface area contributed by atoms with Gasteiger partial charge in [-0.1, -0.05) is 11.8 Å². The second-order valence-corrected chi connectivity index (χ2v) is 5.23. The zero-order valence-electron chi connectivity index (χ0n) is 11.1. The Morgan fingerprint density at radius 2 is 2.22 bits per heavy atom. The molecule has 7 heteroatoms. The van der Waals surface area contributed by atoms with Crippen molar-refractivity contribution < 1.29 is 4.79 Å². The van der Waals surface area contributed by atoms with E-state index in [9.17, 15) is 4.79 Å². The number of rotatable bonds is 7. The van der Waals surface area contributed by atoms with Crippen molar-refractivity contribution >= 4 is 17.7 Å². The molecule has 1 heterocycles. The number of thioether (sulfide) groups is 1. The number of nitrogens with zero attached hydrogens (tertiary/aromatic N) is 3. The van der Waals surface area contributed by atoms with Crippen molar-refractivity contribution in [1.29, 1.82) is 0 Å². The molecule has 0 atom stereocenters. The van der Waals surface area contributed by atoms with Crippen molar-refractivity contribution in [2.24, 2.45) is 5.73 Å². The second-order valence-electron chi connectivity index (χ2n) is 4.17. The fourth-order valence-corrected chi connectivity index (χ4v) is 2.48. The van der Waals surface area contributed by atoms with E-state index < -0.39 is 0 Å². The van der Waals surface area contributed by atoms with Crippen LogP contribution in [-0.4, -0.2) is 32.5 Å². The Bertz CT molecular complexity index is 391. The first-order valence-electron chi connectivity index (χ1n) is 6.12. The van der Waals surface area contributed by atoms with E-state index in [1.807, 2.05) is 25.3 Å². The first-order valence-corrected chi connectivity index (χ1v) is 7.11. The molecule has 1 aromatic heterocycles. The smallest absolute Gasteiger partial charge is 0.221 e. The van der Waals surface area contributed by atoms with Crippen molar-refractivity contribution in [2.75, 3.05) is 5.75 Å². The third-order valence-corrected chi connectivity index (χ3v) is 3.27. The number of amides is 1. The highest BCUT2D eigenvalue weighted by molar-refractivity contribution is 7.99. The highest BCUT2D eigenvalue weighted by atomic mass is 32.2. The van der Waals surface area contributed by atoms with Gasteiger partial charge in [0, 0.05) is 24.8 Å². The molecule has 18 heavy (non-hydrogen) atoms. The molecular weight excluding hydrogens is 250 g/mol. The third-order valence-electron chi connectivity index (χ3n) is 2.30. The van der Waals surface area contributed by atoms with Crippen LogP contribution in [0.25, 0.3) is 0 Å². The fraction of sp³-hybridized carbons (Fsp3) is 0.727. The Labute approximate surface area is 112 Å². The molecule has 0 unspecified atom stereocenters. The Hall–Kier alpha value is -1.08. The Morgan fingerprint density at radius 3 is 2.78 bits per heavy atom. The summed E-state index contributed by atoms with van der Waals surface area (Å²) in [4.78, 5) is 11.5. The van der Waals surface area contributed by atoms with E-state index >= 15 is 0 Å². The van der Waals surface area contributed by atoms with Gasteiger partial charge in [0.25, 0.3) is 0 Å². The van der Waals surface area contributed by atoms with Crippen LogP contribution in [0.1, 0.15) is 33.0 Å². The van der Waals surface area contributed by atoms with E-state index in [4.69, 9.17) is 5.73 Å². The van der Waals surface area contributed by atoms with Gasteiger partial charge in [-0.05, 0) is 20.8 Å². The summed E-state index contributed by atoms with van der Waals surface area (Å²) in [5.74, 6) is 1.55. The SMILES string of the molecule is CCn1c(CN)nnc1SCCC(=O)NC(C)C. The first-order chi connectivity index (χ1) is 8.58. The summed E-state index contributed by atoms with van der Waals surface area (Å²) >= 11 is 1.54. The van der Waals surface area contributed by atoms with Gasteiger partial charge in [0.2, 0.25) is 5.91 Å². The molecule has 0 saturated heterocycles. The van der Waals surface area contributed by atoms with Gasteiger partial charge >= 0.3 is 0 Å². The lowest BCUT2D eigenvalue weighted by atomic mass is 10.3. The van der Waals surface area contributed by atoms with Gasteiger partial charge in [-0.2, -0.15) is 0 Å². The summed E-state index contributed by atoms with van der Waals surface area (Å²) in [7, 11) is 0. The number of hydrogen-bond acceptors (Lipinski definition) is 5. The maximum atomic E-state index is 11.5. The number of hydrogen-bond donors (Lipinski definition) is 2. The maximum Gasteiger partial charge on any atom is 0.221 e. The summed E-state index contributed by atoms with van der Waals surface area (Å²) in [5, 5.41) is 11.8. The third kappa shape index (κ3) is 4.30. The number of nitrogens with two attached hydrogens (primary N) is 1. The van der Waals surface area contributed by atoms with Crippen molar-refractivity contribution in [3.63, 3.8) is 0 Å². The first kappa shape index (κ1) is 15.0. The van der Waals surface area contributed by atoms with Crippen LogP contribution in [-0.2, 0) is 17.9 Å². The predicted molar refractivity (Wildman–Crippen MR) is 72.2 cm³/mol. The minimum absolute atomic E-state index is 0.0686. The van der Waals surface area contributed by atoms with E-state index in [1.54, 1.807) is 0 Å². The molecule has 0 aliphatic carbocycles. The van der Waals surface area contributed by atoms with Crippen LogP contribution in [0.3, 0.4) is 0 Å². The molecular formula is C11H21N5OS. The summed E-state index contributed by atoms with van der Waals surface area (Å²) in [5.41, 5.74) is 5.57. The zero-order chi connectivity index (χ0) is 13.5. The van der Waals surface area contributed by atoms with E-state index in [-0.39, 0.29) is 11.9 Å². The van der Waals surface area contributed by atoms with Crippen molar-refractivity contribution in [2.45, 2.75) is 51.5 Å². The predicted octanol–water partition coefficient (Wildman–Crippen LogP) is 0.764. The molecule has 0 aromatic carbocycles. The Balaban J connectivity index is 2.44. The quantitative estimate of drug-likeness (QED) is 0.715. The molecule has 1 amide bonds. The average Bonchev–Trinajstić information content (AvgIpc) is 2.70. The minimum Gasteiger partial charge on any atom is -0.354 e. The summed E-state index contributed by atoms with van der Waals surface area (Å²) < 4.78 is 1.98. The molecule has 0 fully saturated rings.